The third kappa shape index (κ3) is 8.68. The van der Waals surface area contributed by atoms with E-state index < -0.39 is 18.0 Å². The van der Waals surface area contributed by atoms with Crippen molar-refractivity contribution in [3.05, 3.63) is 58.6 Å². The molecule has 1 unspecified atom stereocenters. The minimum absolute atomic E-state index is 0.307. The monoisotopic (exact) mass is 508 g/mol. The highest BCUT2D eigenvalue weighted by atomic mass is 35.5. The normalized spacial score (nSPS) is 16.3. The molecule has 1 saturated heterocycles. The van der Waals surface area contributed by atoms with E-state index in [1.165, 1.54) is 5.56 Å². The molecule has 0 spiro atoms. The number of piperazine rings is 1. The molecular formula is C24H29ClN2O8. The molecule has 1 atom stereocenters. The van der Waals surface area contributed by atoms with Crippen LogP contribution in [0.5, 0.6) is 11.5 Å². The van der Waals surface area contributed by atoms with Gasteiger partial charge >= 0.3 is 11.9 Å². The van der Waals surface area contributed by atoms with E-state index in [0.29, 0.717) is 31.6 Å². The number of aliphatic carboxylic acids is 2. The van der Waals surface area contributed by atoms with Crippen LogP contribution >= 0.6 is 11.6 Å². The highest BCUT2D eigenvalue weighted by molar-refractivity contribution is 6.31. The minimum atomic E-state index is -1.82. The van der Waals surface area contributed by atoms with Crippen LogP contribution in [0.15, 0.2) is 42.5 Å². The zero-order valence-electron chi connectivity index (χ0n) is 19.1. The van der Waals surface area contributed by atoms with Crippen LogP contribution in [-0.2, 0) is 27.5 Å². The summed E-state index contributed by atoms with van der Waals surface area (Å²) in [6.45, 7) is 6.38. The summed E-state index contributed by atoms with van der Waals surface area (Å²) >= 11 is 6.13. The second-order valence-corrected chi connectivity index (χ2v) is 8.54. The number of aliphatic hydroxyl groups is 1. The summed E-state index contributed by atoms with van der Waals surface area (Å²) < 4.78 is 16.5. The lowest BCUT2D eigenvalue weighted by atomic mass is 10.1. The maximum Gasteiger partial charge on any atom is 0.414 e. The summed E-state index contributed by atoms with van der Waals surface area (Å²) in [5, 5.41) is 25.8. The Morgan fingerprint density at radius 2 is 1.63 bits per heavy atom. The van der Waals surface area contributed by atoms with Crippen LogP contribution in [0.25, 0.3) is 0 Å². The molecular weight excluding hydrogens is 480 g/mol. The van der Waals surface area contributed by atoms with Gasteiger partial charge in [-0.2, -0.15) is 0 Å². The Morgan fingerprint density at radius 1 is 0.971 bits per heavy atom. The molecule has 0 aliphatic carbocycles. The van der Waals surface area contributed by atoms with Gasteiger partial charge in [0.1, 0.15) is 0 Å². The summed E-state index contributed by atoms with van der Waals surface area (Å²) in [5.41, 5.74) is 2.18. The number of hydrogen-bond donors (Lipinski definition) is 3. The molecule has 2 aliphatic rings. The lowest BCUT2D eigenvalue weighted by molar-refractivity contribution is -0.159. The van der Waals surface area contributed by atoms with Crippen LogP contribution in [0.4, 0.5) is 0 Å². The molecule has 2 heterocycles. The van der Waals surface area contributed by atoms with Crippen molar-refractivity contribution in [1.29, 1.82) is 0 Å². The number of aliphatic hydroxyl groups excluding tert-OH is 1. The summed E-state index contributed by atoms with van der Waals surface area (Å²) in [6.07, 6.45) is -0.502. The topological polar surface area (TPSA) is 129 Å². The largest absolute Gasteiger partial charge is 0.473 e. The predicted molar refractivity (Wildman–Crippen MR) is 127 cm³/mol. The molecule has 2 aromatic carbocycles. The third-order valence-electron chi connectivity index (χ3n) is 5.49. The van der Waals surface area contributed by atoms with Crippen LogP contribution in [-0.4, -0.2) is 89.3 Å². The number of carbonyl (C=O) groups is 2. The fraction of sp³-hybridized carbons (Fsp3) is 0.417. The van der Waals surface area contributed by atoms with Crippen LogP contribution < -0.4 is 9.47 Å². The number of carboxylic acids is 2. The Hall–Kier alpha value is -2.89. The lowest BCUT2D eigenvalue weighted by Crippen LogP contribution is -2.48. The van der Waals surface area contributed by atoms with Gasteiger partial charge in [0.25, 0.3) is 0 Å². The highest BCUT2D eigenvalue weighted by Gasteiger charge is 2.20. The molecule has 35 heavy (non-hydrogen) atoms. The van der Waals surface area contributed by atoms with E-state index in [-0.39, 0.29) is 0 Å². The van der Waals surface area contributed by atoms with E-state index in [4.69, 9.17) is 45.6 Å². The van der Waals surface area contributed by atoms with E-state index in [1.807, 2.05) is 30.3 Å². The van der Waals surface area contributed by atoms with Crippen molar-refractivity contribution in [1.82, 2.24) is 9.80 Å². The number of β-amino-alcohol motifs (C(OH)–C–C–N with tert-alkyl or cyclic N) is 1. The van der Waals surface area contributed by atoms with Crippen molar-refractivity contribution in [2.75, 3.05) is 46.1 Å². The van der Waals surface area contributed by atoms with Crippen LogP contribution in [0, 0.1) is 0 Å². The van der Waals surface area contributed by atoms with Crippen LogP contribution in [0.3, 0.4) is 0 Å². The summed E-state index contributed by atoms with van der Waals surface area (Å²) in [5.74, 6) is -1.99. The van der Waals surface area contributed by atoms with Gasteiger partial charge in [-0.05, 0) is 29.3 Å². The van der Waals surface area contributed by atoms with Gasteiger partial charge in [0.05, 0.1) is 19.3 Å². The Labute approximate surface area is 208 Å². The molecule has 2 aliphatic heterocycles. The molecule has 0 aromatic heterocycles. The van der Waals surface area contributed by atoms with Gasteiger partial charge in [0, 0.05) is 44.3 Å². The summed E-state index contributed by atoms with van der Waals surface area (Å²) in [7, 11) is 0. The van der Waals surface area contributed by atoms with Gasteiger partial charge in [-0.15, -0.1) is 0 Å². The Bertz CT molecular complexity index is 985. The molecule has 11 heteroatoms. The molecule has 0 saturated carbocycles. The number of rotatable bonds is 8. The number of benzene rings is 2. The zero-order chi connectivity index (χ0) is 25.2. The molecule has 190 valence electrons. The van der Waals surface area contributed by atoms with Gasteiger partial charge in [0.2, 0.25) is 6.79 Å². The number of carboxylic acid groups (broad SMARTS) is 2. The van der Waals surface area contributed by atoms with Gasteiger partial charge < -0.3 is 29.5 Å². The van der Waals surface area contributed by atoms with Crippen molar-refractivity contribution < 1.29 is 39.1 Å². The van der Waals surface area contributed by atoms with Gasteiger partial charge in [-0.3, -0.25) is 9.80 Å². The van der Waals surface area contributed by atoms with Gasteiger partial charge in [-0.1, -0.05) is 35.9 Å². The van der Waals surface area contributed by atoms with Gasteiger partial charge in [-0.25, -0.2) is 9.59 Å². The van der Waals surface area contributed by atoms with Crippen LogP contribution in [0.2, 0.25) is 5.02 Å². The molecule has 0 bridgehead atoms. The fourth-order valence-electron chi connectivity index (χ4n) is 3.70. The highest BCUT2D eigenvalue weighted by Crippen LogP contribution is 2.32. The molecule has 10 nitrogen and oxygen atoms in total. The van der Waals surface area contributed by atoms with E-state index in [1.54, 1.807) is 0 Å². The molecule has 0 radical (unpaired) electrons. The standard InChI is InChI=1S/C22H27ClN2O4.C2H2O4/c23-20-4-2-1-3-18(20)14-27-15-19(26)13-25-9-7-24(8-10-25)12-17-5-6-21-22(11-17)29-16-28-21;3-1(4)2(5)6/h1-6,11,19,26H,7-10,12-16H2;(H,3,4)(H,5,6). The molecule has 3 N–H and O–H groups in total. The first-order valence-corrected chi connectivity index (χ1v) is 11.5. The third-order valence-corrected chi connectivity index (χ3v) is 5.85. The number of nitrogens with zero attached hydrogens (tertiary/aromatic N) is 2. The van der Waals surface area contributed by atoms with E-state index >= 15 is 0 Å². The maximum absolute atomic E-state index is 10.3. The van der Waals surface area contributed by atoms with Crippen molar-refractivity contribution in [2.45, 2.75) is 19.3 Å². The Balaban J connectivity index is 0.000000509. The quantitative estimate of drug-likeness (QED) is 0.455. The van der Waals surface area contributed by atoms with Crippen molar-refractivity contribution in [3.63, 3.8) is 0 Å². The lowest BCUT2D eigenvalue weighted by Gasteiger charge is -2.35. The van der Waals surface area contributed by atoms with E-state index in [2.05, 4.69) is 21.9 Å². The first-order chi connectivity index (χ1) is 16.8. The second kappa shape index (κ2) is 13.3. The smallest absolute Gasteiger partial charge is 0.414 e. The number of ether oxygens (including phenoxy) is 3. The van der Waals surface area contributed by atoms with Crippen molar-refractivity contribution >= 4 is 23.5 Å². The van der Waals surface area contributed by atoms with E-state index in [9.17, 15) is 5.11 Å². The Kier molecular flexibility index (Phi) is 10.1. The SMILES string of the molecule is O=C(O)C(=O)O.OC(COCc1ccccc1Cl)CN1CCN(Cc2ccc3c(c2)OCO3)CC1. The molecule has 2 aromatic rings. The maximum atomic E-state index is 10.3. The second-order valence-electron chi connectivity index (χ2n) is 8.14. The van der Waals surface area contributed by atoms with Crippen molar-refractivity contribution in [2.24, 2.45) is 0 Å². The van der Waals surface area contributed by atoms with Crippen molar-refractivity contribution in [3.8, 4) is 11.5 Å². The van der Waals surface area contributed by atoms with E-state index in [0.717, 1.165) is 49.8 Å². The number of hydrogen-bond acceptors (Lipinski definition) is 8. The average molecular weight is 509 g/mol. The first-order valence-electron chi connectivity index (χ1n) is 11.1. The minimum Gasteiger partial charge on any atom is -0.473 e. The number of halogens is 1. The zero-order valence-corrected chi connectivity index (χ0v) is 19.9. The Morgan fingerprint density at radius 3 is 2.31 bits per heavy atom. The summed E-state index contributed by atoms with van der Waals surface area (Å²) in [4.78, 5) is 22.9. The van der Waals surface area contributed by atoms with Gasteiger partial charge in [0.15, 0.2) is 11.5 Å². The summed E-state index contributed by atoms with van der Waals surface area (Å²) in [6, 6.07) is 13.8. The fourth-order valence-corrected chi connectivity index (χ4v) is 3.89. The average Bonchev–Trinajstić information content (AvgIpc) is 3.30. The molecule has 4 rings (SSSR count). The first kappa shape index (κ1) is 26.7. The molecule has 0 amide bonds. The molecule has 1 fully saturated rings. The van der Waals surface area contributed by atoms with Crippen LogP contribution in [0.1, 0.15) is 11.1 Å². The predicted octanol–water partition coefficient (Wildman–Crippen LogP) is 1.92. The number of fused-ring (bicyclic) bond motifs is 1.